The van der Waals surface area contributed by atoms with Gasteiger partial charge in [0.2, 0.25) is 5.91 Å². The Bertz CT molecular complexity index is 352. The number of halogens is 3. The standard InChI is InChI=1S/C14H23F3N2O/c1-5-7-13(9-18,8-6-2)12(20)19(11(3)4)10-14(15,16)17/h11H,5-8,10H2,1-4H3. The molecule has 0 unspecified atom stereocenters. The van der Waals surface area contributed by atoms with Crippen LogP contribution < -0.4 is 0 Å². The van der Waals surface area contributed by atoms with Crippen molar-refractivity contribution in [3.63, 3.8) is 0 Å². The zero-order valence-electron chi connectivity index (χ0n) is 12.5. The molecule has 0 spiro atoms. The third-order valence-corrected chi connectivity index (χ3v) is 3.21. The van der Waals surface area contributed by atoms with E-state index in [2.05, 4.69) is 0 Å². The van der Waals surface area contributed by atoms with Crippen LogP contribution in [-0.4, -0.2) is 29.6 Å². The van der Waals surface area contributed by atoms with Gasteiger partial charge in [-0.1, -0.05) is 26.7 Å². The van der Waals surface area contributed by atoms with Crippen LogP contribution in [0.3, 0.4) is 0 Å². The number of hydrogen-bond donors (Lipinski definition) is 0. The van der Waals surface area contributed by atoms with Crippen LogP contribution in [0.15, 0.2) is 0 Å². The van der Waals surface area contributed by atoms with E-state index in [-0.39, 0.29) is 12.8 Å². The average Bonchev–Trinajstić information content (AvgIpc) is 2.33. The molecule has 0 aromatic carbocycles. The number of nitriles is 1. The van der Waals surface area contributed by atoms with Gasteiger partial charge in [-0.15, -0.1) is 0 Å². The summed E-state index contributed by atoms with van der Waals surface area (Å²) in [5, 5.41) is 9.36. The molecule has 6 heteroatoms. The molecule has 0 saturated heterocycles. The smallest absolute Gasteiger partial charge is 0.330 e. The van der Waals surface area contributed by atoms with E-state index in [0.29, 0.717) is 12.8 Å². The van der Waals surface area contributed by atoms with Gasteiger partial charge in [0, 0.05) is 6.04 Å². The molecule has 0 bridgehead atoms. The summed E-state index contributed by atoms with van der Waals surface area (Å²) >= 11 is 0. The van der Waals surface area contributed by atoms with Gasteiger partial charge in [0.15, 0.2) is 0 Å². The summed E-state index contributed by atoms with van der Waals surface area (Å²) in [6, 6.07) is 1.39. The summed E-state index contributed by atoms with van der Waals surface area (Å²) in [7, 11) is 0. The Labute approximate surface area is 118 Å². The third-order valence-electron chi connectivity index (χ3n) is 3.21. The Hall–Kier alpha value is -1.25. The molecule has 0 atom stereocenters. The molecule has 0 heterocycles. The van der Waals surface area contributed by atoms with Gasteiger partial charge < -0.3 is 4.90 Å². The Morgan fingerprint density at radius 3 is 1.90 bits per heavy atom. The quantitative estimate of drug-likeness (QED) is 0.714. The maximum absolute atomic E-state index is 12.6. The first kappa shape index (κ1) is 18.8. The summed E-state index contributed by atoms with van der Waals surface area (Å²) in [4.78, 5) is 13.3. The summed E-state index contributed by atoms with van der Waals surface area (Å²) in [6.07, 6.45) is -2.72. The number of rotatable bonds is 7. The second kappa shape index (κ2) is 7.51. The molecule has 0 aromatic rings. The summed E-state index contributed by atoms with van der Waals surface area (Å²) < 4.78 is 37.8. The largest absolute Gasteiger partial charge is 0.406 e. The van der Waals surface area contributed by atoms with E-state index in [1.54, 1.807) is 0 Å². The lowest BCUT2D eigenvalue weighted by atomic mass is 9.79. The molecule has 0 saturated carbocycles. The van der Waals surface area contributed by atoms with E-state index in [1.165, 1.54) is 13.8 Å². The fraction of sp³-hybridized carbons (Fsp3) is 0.857. The lowest BCUT2D eigenvalue weighted by Gasteiger charge is -2.35. The molecule has 0 aliphatic carbocycles. The lowest BCUT2D eigenvalue weighted by molar-refractivity contribution is -0.169. The molecule has 3 nitrogen and oxygen atoms in total. The van der Waals surface area contributed by atoms with Crippen molar-refractivity contribution in [1.29, 1.82) is 5.26 Å². The molecule has 0 rings (SSSR count). The van der Waals surface area contributed by atoms with Crippen molar-refractivity contribution in [3.8, 4) is 6.07 Å². The Morgan fingerprint density at radius 1 is 1.20 bits per heavy atom. The molecular formula is C14H23F3N2O. The van der Waals surface area contributed by atoms with E-state index < -0.39 is 30.1 Å². The number of amides is 1. The first-order chi connectivity index (χ1) is 9.13. The number of nitrogens with zero attached hydrogens (tertiary/aromatic N) is 2. The van der Waals surface area contributed by atoms with Crippen LogP contribution >= 0.6 is 0 Å². The van der Waals surface area contributed by atoms with E-state index in [4.69, 9.17) is 0 Å². The Kier molecular flexibility index (Phi) is 7.04. The van der Waals surface area contributed by atoms with Crippen molar-refractivity contribution < 1.29 is 18.0 Å². The minimum atomic E-state index is -4.46. The SMILES string of the molecule is CCCC(C#N)(CCC)C(=O)N(CC(F)(F)F)C(C)C. The Morgan fingerprint density at radius 2 is 1.65 bits per heavy atom. The van der Waals surface area contributed by atoms with Crippen LogP contribution in [0.2, 0.25) is 0 Å². The maximum Gasteiger partial charge on any atom is 0.406 e. The highest BCUT2D eigenvalue weighted by atomic mass is 19.4. The van der Waals surface area contributed by atoms with Gasteiger partial charge in [0.05, 0.1) is 6.07 Å². The van der Waals surface area contributed by atoms with Crippen molar-refractivity contribution in [1.82, 2.24) is 4.90 Å². The number of hydrogen-bond acceptors (Lipinski definition) is 2. The monoisotopic (exact) mass is 292 g/mol. The van der Waals surface area contributed by atoms with Crippen LogP contribution in [0.5, 0.6) is 0 Å². The zero-order valence-corrected chi connectivity index (χ0v) is 12.5. The molecular weight excluding hydrogens is 269 g/mol. The zero-order chi connectivity index (χ0) is 16.0. The summed E-state index contributed by atoms with van der Waals surface area (Å²) in [6.45, 7) is 5.39. The van der Waals surface area contributed by atoms with E-state index in [1.807, 2.05) is 19.9 Å². The molecule has 0 N–H and O–H groups in total. The van der Waals surface area contributed by atoms with Gasteiger partial charge in [-0.2, -0.15) is 18.4 Å². The van der Waals surface area contributed by atoms with Crippen LogP contribution in [0, 0.1) is 16.7 Å². The van der Waals surface area contributed by atoms with E-state index in [9.17, 15) is 23.2 Å². The van der Waals surface area contributed by atoms with Gasteiger partial charge in [-0.3, -0.25) is 4.79 Å². The Balaban J connectivity index is 5.42. The van der Waals surface area contributed by atoms with Gasteiger partial charge in [0.25, 0.3) is 0 Å². The van der Waals surface area contributed by atoms with Gasteiger partial charge in [-0.05, 0) is 26.7 Å². The van der Waals surface area contributed by atoms with E-state index in [0.717, 1.165) is 4.90 Å². The number of carbonyl (C=O) groups excluding carboxylic acids is 1. The van der Waals surface area contributed by atoms with Gasteiger partial charge in [-0.25, -0.2) is 0 Å². The predicted octanol–water partition coefficient (Wildman–Crippen LogP) is 3.90. The number of alkyl halides is 3. The summed E-state index contributed by atoms with van der Waals surface area (Å²) in [5.74, 6) is -0.698. The molecule has 0 aliphatic heterocycles. The maximum atomic E-state index is 12.6. The molecule has 1 amide bonds. The number of carbonyl (C=O) groups is 1. The molecule has 0 fully saturated rings. The van der Waals surface area contributed by atoms with Gasteiger partial charge >= 0.3 is 6.18 Å². The lowest BCUT2D eigenvalue weighted by Crippen LogP contribution is -2.50. The van der Waals surface area contributed by atoms with Gasteiger partial charge in [0.1, 0.15) is 12.0 Å². The normalized spacial score (nSPS) is 12.3. The molecule has 116 valence electrons. The molecule has 20 heavy (non-hydrogen) atoms. The van der Waals surface area contributed by atoms with Crippen molar-refractivity contribution in [3.05, 3.63) is 0 Å². The highest BCUT2D eigenvalue weighted by Gasteiger charge is 2.44. The van der Waals surface area contributed by atoms with Crippen LogP contribution in [-0.2, 0) is 4.79 Å². The highest BCUT2D eigenvalue weighted by molar-refractivity contribution is 5.85. The van der Waals surface area contributed by atoms with Crippen LogP contribution in [0.25, 0.3) is 0 Å². The van der Waals surface area contributed by atoms with E-state index >= 15 is 0 Å². The average molecular weight is 292 g/mol. The second-order valence-corrected chi connectivity index (χ2v) is 5.34. The molecule has 0 aliphatic rings. The van der Waals surface area contributed by atoms with Crippen molar-refractivity contribution in [2.45, 2.75) is 65.6 Å². The highest BCUT2D eigenvalue weighted by Crippen LogP contribution is 2.33. The predicted molar refractivity (Wildman–Crippen MR) is 70.8 cm³/mol. The fourth-order valence-electron chi connectivity index (χ4n) is 2.31. The van der Waals surface area contributed by atoms with Crippen molar-refractivity contribution in [2.24, 2.45) is 5.41 Å². The minimum Gasteiger partial charge on any atom is -0.330 e. The molecule has 0 radical (unpaired) electrons. The minimum absolute atomic E-state index is 0.289. The molecule has 0 aromatic heterocycles. The fourth-order valence-corrected chi connectivity index (χ4v) is 2.31. The second-order valence-electron chi connectivity index (χ2n) is 5.34. The third kappa shape index (κ3) is 5.03. The van der Waals surface area contributed by atoms with Crippen molar-refractivity contribution in [2.75, 3.05) is 6.54 Å². The van der Waals surface area contributed by atoms with Crippen LogP contribution in [0.1, 0.15) is 53.4 Å². The van der Waals surface area contributed by atoms with Crippen LogP contribution in [0.4, 0.5) is 13.2 Å². The topological polar surface area (TPSA) is 44.1 Å². The summed E-state index contributed by atoms with van der Waals surface area (Å²) in [5.41, 5.74) is -1.33. The first-order valence-electron chi connectivity index (χ1n) is 6.92. The van der Waals surface area contributed by atoms with Crippen molar-refractivity contribution >= 4 is 5.91 Å². The first-order valence-corrected chi connectivity index (χ1v) is 6.92.